The van der Waals surface area contributed by atoms with Crippen LogP contribution < -0.4 is 5.73 Å². The van der Waals surface area contributed by atoms with Crippen LogP contribution in [0, 0.1) is 18.7 Å². The lowest BCUT2D eigenvalue weighted by molar-refractivity contribution is -0.123. The Morgan fingerprint density at radius 1 is 1.41 bits per heavy atom. The van der Waals surface area contributed by atoms with E-state index < -0.39 is 0 Å². The van der Waals surface area contributed by atoms with Gasteiger partial charge in [-0.2, -0.15) is 4.52 Å². The third kappa shape index (κ3) is 3.28. The lowest BCUT2D eigenvalue weighted by Crippen LogP contribution is -2.40. The molecule has 1 atom stereocenters. The van der Waals surface area contributed by atoms with E-state index in [9.17, 15) is 14.3 Å². The van der Waals surface area contributed by atoms with Crippen molar-refractivity contribution in [2.45, 2.75) is 25.8 Å². The molecule has 0 spiro atoms. The van der Waals surface area contributed by atoms with Crippen molar-refractivity contribution in [2.75, 3.05) is 13.1 Å². The summed E-state index contributed by atoms with van der Waals surface area (Å²) in [6, 6.07) is 6.03. The van der Waals surface area contributed by atoms with Crippen molar-refractivity contribution in [3.05, 3.63) is 46.3 Å². The molecule has 1 saturated heterocycles. The number of carbonyl (C=O) groups is 1. The number of fused-ring (bicyclic) bond motifs is 1. The number of hydrogen-bond acceptors (Lipinski definition) is 6. The topological polar surface area (TPSA) is 96.8 Å². The molecule has 3 heterocycles. The van der Waals surface area contributed by atoms with E-state index >= 15 is 0 Å². The van der Waals surface area contributed by atoms with Crippen LogP contribution in [0.1, 0.15) is 35.1 Å². The quantitative estimate of drug-likeness (QED) is 0.713. The van der Waals surface area contributed by atoms with Crippen LogP contribution in [0.2, 0.25) is 0 Å². The molecule has 0 unspecified atom stereocenters. The summed E-state index contributed by atoms with van der Waals surface area (Å²) in [5.41, 5.74) is 6.18. The van der Waals surface area contributed by atoms with E-state index in [1.807, 2.05) is 6.07 Å². The van der Waals surface area contributed by atoms with Crippen molar-refractivity contribution in [1.29, 1.82) is 0 Å². The van der Waals surface area contributed by atoms with Crippen molar-refractivity contribution in [3.8, 4) is 5.88 Å². The van der Waals surface area contributed by atoms with Gasteiger partial charge in [-0.3, -0.25) is 9.69 Å². The molecule has 0 radical (unpaired) electrons. The van der Waals surface area contributed by atoms with Crippen LogP contribution in [0.5, 0.6) is 5.88 Å². The minimum atomic E-state index is -0.344. The van der Waals surface area contributed by atoms with Gasteiger partial charge in [-0.15, -0.1) is 5.10 Å². The summed E-state index contributed by atoms with van der Waals surface area (Å²) in [5.74, 6) is -0.170. The molecule has 4 rings (SSSR count). The highest BCUT2D eigenvalue weighted by atomic mass is 32.1. The first-order valence-corrected chi connectivity index (χ1v) is 9.59. The average Bonchev–Trinajstić information content (AvgIpc) is 3.14. The van der Waals surface area contributed by atoms with E-state index in [-0.39, 0.29) is 29.6 Å². The number of carbonyl (C=O) groups excluding carboxylic acids is 1. The van der Waals surface area contributed by atoms with Gasteiger partial charge in [-0.25, -0.2) is 9.37 Å². The number of aromatic nitrogens is 3. The maximum atomic E-state index is 13.9. The fourth-order valence-electron chi connectivity index (χ4n) is 3.67. The van der Waals surface area contributed by atoms with E-state index in [1.165, 1.54) is 28.0 Å². The number of benzene rings is 1. The van der Waals surface area contributed by atoms with Crippen molar-refractivity contribution in [2.24, 2.45) is 11.7 Å². The molecule has 1 aliphatic rings. The number of aromatic hydroxyl groups is 1. The lowest BCUT2D eigenvalue weighted by Gasteiger charge is -2.36. The number of primary amides is 1. The van der Waals surface area contributed by atoms with Gasteiger partial charge in [0.2, 0.25) is 16.7 Å². The van der Waals surface area contributed by atoms with Gasteiger partial charge in [0.15, 0.2) is 0 Å². The maximum Gasteiger partial charge on any atom is 0.230 e. The average molecular weight is 389 g/mol. The normalized spacial score (nSPS) is 17.4. The molecule has 0 saturated carbocycles. The number of amides is 1. The standard InChI is InChI=1S/C18H20FN5O2S/c1-10-21-18-24(22-10)17(26)15(27-18)14(12-3-2-4-13(19)9-12)23-7-5-11(6-8-23)16(20)25/h2-4,9,11,14,26H,5-8H2,1H3,(H2,20,25)/t14-/m0/s1. The summed E-state index contributed by atoms with van der Waals surface area (Å²) in [6.07, 6.45) is 1.28. The van der Waals surface area contributed by atoms with Crippen LogP contribution in [-0.4, -0.2) is 43.6 Å². The van der Waals surface area contributed by atoms with Crippen molar-refractivity contribution in [1.82, 2.24) is 19.5 Å². The highest BCUT2D eigenvalue weighted by Crippen LogP contribution is 2.41. The summed E-state index contributed by atoms with van der Waals surface area (Å²) in [7, 11) is 0. The molecular weight excluding hydrogens is 369 g/mol. The van der Waals surface area contributed by atoms with Crippen molar-refractivity contribution < 1.29 is 14.3 Å². The van der Waals surface area contributed by atoms with Gasteiger partial charge in [-0.1, -0.05) is 23.5 Å². The smallest absolute Gasteiger partial charge is 0.230 e. The Morgan fingerprint density at radius 2 is 2.15 bits per heavy atom. The van der Waals surface area contributed by atoms with Crippen LogP contribution in [0.25, 0.3) is 4.96 Å². The van der Waals surface area contributed by atoms with Crippen LogP contribution in [0.4, 0.5) is 4.39 Å². The first-order chi connectivity index (χ1) is 12.9. The Bertz CT molecular complexity index is 993. The molecule has 9 heteroatoms. The van der Waals surface area contributed by atoms with Gasteiger partial charge in [0.1, 0.15) is 11.6 Å². The Hall–Kier alpha value is -2.52. The monoisotopic (exact) mass is 389 g/mol. The molecule has 142 valence electrons. The molecule has 0 aliphatic carbocycles. The van der Waals surface area contributed by atoms with E-state index in [2.05, 4.69) is 15.0 Å². The zero-order chi connectivity index (χ0) is 19.1. The number of nitrogens with two attached hydrogens (primary N) is 1. The van der Waals surface area contributed by atoms with Crippen molar-refractivity contribution in [3.63, 3.8) is 0 Å². The zero-order valence-electron chi connectivity index (χ0n) is 14.8. The predicted molar refractivity (Wildman–Crippen MR) is 99.0 cm³/mol. The van der Waals surface area contributed by atoms with E-state index in [0.29, 0.717) is 41.6 Å². The fraction of sp³-hybridized carbons (Fsp3) is 0.389. The molecule has 1 amide bonds. The summed E-state index contributed by atoms with van der Waals surface area (Å²) < 4.78 is 15.3. The van der Waals surface area contributed by atoms with Crippen LogP contribution in [0.15, 0.2) is 24.3 Å². The predicted octanol–water partition coefficient (Wildman–Crippen LogP) is 2.23. The number of halogens is 1. The minimum absolute atomic E-state index is 0.0156. The Labute approximate surface area is 159 Å². The van der Waals surface area contributed by atoms with Gasteiger partial charge < -0.3 is 10.8 Å². The zero-order valence-corrected chi connectivity index (χ0v) is 15.6. The SMILES string of the molecule is Cc1nc2sc([C@H](c3cccc(F)c3)N3CCC(C(N)=O)CC3)c(O)n2n1. The molecule has 1 fully saturated rings. The Kier molecular flexibility index (Phi) is 4.56. The Morgan fingerprint density at radius 3 is 2.78 bits per heavy atom. The largest absolute Gasteiger partial charge is 0.492 e. The lowest BCUT2D eigenvalue weighted by atomic mass is 9.93. The van der Waals surface area contributed by atoms with Gasteiger partial charge in [-0.05, 0) is 50.6 Å². The second-order valence-electron chi connectivity index (χ2n) is 6.81. The number of thiazole rings is 1. The number of rotatable bonds is 4. The molecule has 3 aromatic rings. The maximum absolute atomic E-state index is 13.9. The van der Waals surface area contributed by atoms with E-state index in [4.69, 9.17) is 5.73 Å². The van der Waals surface area contributed by atoms with Crippen LogP contribution in [-0.2, 0) is 4.79 Å². The number of likely N-dealkylation sites (tertiary alicyclic amines) is 1. The molecular formula is C18H20FN5O2S. The minimum Gasteiger partial charge on any atom is -0.492 e. The summed E-state index contributed by atoms with van der Waals surface area (Å²) in [5, 5.41) is 15.0. The molecule has 7 nitrogen and oxygen atoms in total. The van der Waals surface area contributed by atoms with Crippen molar-refractivity contribution >= 4 is 22.2 Å². The first kappa shape index (κ1) is 17.9. The fourth-order valence-corrected chi connectivity index (χ4v) is 4.84. The highest BCUT2D eigenvalue weighted by molar-refractivity contribution is 7.17. The second kappa shape index (κ2) is 6.90. The highest BCUT2D eigenvalue weighted by Gasteiger charge is 2.33. The van der Waals surface area contributed by atoms with Crippen LogP contribution in [0.3, 0.4) is 0 Å². The molecule has 3 N–H and O–H groups in total. The molecule has 2 aromatic heterocycles. The summed E-state index contributed by atoms with van der Waals surface area (Å²) in [6.45, 7) is 3.01. The van der Waals surface area contributed by atoms with Gasteiger partial charge in [0, 0.05) is 5.92 Å². The molecule has 1 aliphatic heterocycles. The molecule has 1 aromatic carbocycles. The van der Waals surface area contributed by atoms with E-state index in [0.717, 1.165) is 5.56 Å². The number of aryl methyl sites for hydroxylation is 1. The van der Waals surface area contributed by atoms with Crippen LogP contribution >= 0.6 is 11.3 Å². The summed E-state index contributed by atoms with van der Waals surface area (Å²) in [4.78, 5) is 19.2. The second-order valence-corrected chi connectivity index (χ2v) is 7.82. The van der Waals surface area contributed by atoms with Gasteiger partial charge >= 0.3 is 0 Å². The third-order valence-corrected chi connectivity index (χ3v) is 6.09. The third-order valence-electron chi connectivity index (χ3n) is 5.02. The van der Waals surface area contributed by atoms with Gasteiger partial charge in [0.05, 0.1) is 10.9 Å². The first-order valence-electron chi connectivity index (χ1n) is 8.78. The molecule has 27 heavy (non-hydrogen) atoms. The summed E-state index contributed by atoms with van der Waals surface area (Å²) >= 11 is 1.34. The van der Waals surface area contributed by atoms with Gasteiger partial charge in [0.25, 0.3) is 0 Å². The number of nitrogens with zero attached hydrogens (tertiary/aromatic N) is 4. The number of piperidine rings is 1. The number of hydrogen-bond donors (Lipinski definition) is 2. The Balaban J connectivity index is 1.75. The van der Waals surface area contributed by atoms with E-state index in [1.54, 1.807) is 13.0 Å². The molecule has 0 bridgehead atoms.